The van der Waals surface area contributed by atoms with E-state index in [9.17, 15) is 17.6 Å². The van der Waals surface area contributed by atoms with Crippen LogP contribution in [0.5, 0.6) is 5.75 Å². The van der Waals surface area contributed by atoms with Crippen molar-refractivity contribution in [3.8, 4) is 5.75 Å². The van der Waals surface area contributed by atoms with Gasteiger partial charge < -0.3 is 14.5 Å². The fourth-order valence-corrected chi connectivity index (χ4v) is 4.27. The quantitative estimate of drug-likeness (QED) is 0.628. The van der Waals surface area contributed by atoms with E-state index in [0.717, 1.165) is 6.07 Å². The van der Waals surface area contributed by atoms with Gasteiger partial charge in [-0.3, -0.25) is 0 Å². The van der Waals surface area contributed by atoms with Crippen LogP contribution in [-0.4, -0.2) is 21.1 Å². The van der Waals surface area contributed by atoms with Crippen LogP contribution in [0.3, 0.4) is 0 Å². The minimum absolute atomic E-state index is 0.0639. The van der Waals surface area contributed by atoms with Crippen LogP contribution in [0.1, 0.15) is 16.6 Å². The maximum atomic E-state index is 13.5. The van der Waals surface area contributed by atoms with Gasteiger partial charge in [-0.15, -0.1) is 0 Å². The summed E-state index contributed by atoms with van der Waals surface area (Å²) in [6.07, 6.45) is 0.545. The van der Waals surface area contributed by atoms with E-state index in [4.69, 9.17) is 9.15 Å². The number of sulfone groups is 1. The first-order valence-corrected chi connectivity index (χ1v) is 9.97. The van der Waals surface area contributed by atoms with Crippen molar-refractivity contribution in [1.82, 2.24) is 5.32 Å². The summed E-state index contributed by atoms with van der Waals surface area (Å²) in [6.45, 7) is 1.20. The second-order valence-corrected chi connectivity index (χ2v) is 8.17. The van der Waals surface area contributed by atoms with Crippen molar-refractivity contribution in [3.05, 3.63) is 84.1 Å². The summed E-state index contributed by atoms with van der Waals surface area (Å²) in [6, 6.07) is 15.0. The highest BCUT2D eigenvalue weighted by molar-refractivity contribution is 7.91. The summed E-state index contributed by atoms with van der Waals surface area (Å²) >= 11 is 0. The summed E-state index contributed by atoms with van der Waals surface area (Å²) in [4.78, 5) is 12.0. The Labute approximate surface area is 161 Å². The molecule has 28 heavy (non-hydrogen) atoms. The molecule has 8 heteroatoms. The predicted molar refractivity (Wildman–Crippen MR) is 100 cm³/mol. The summed E-state index contributed by atoms with van der Waals surface area (Å²) in [5.74, 6) is -0.0217. The smallest absolute Gasteiger partial charge is 0.412 e. The summed E-state index contributed by atoms with van der Waals surface area (Å²) in [7, 11) is -3.96. The second kappa shape index (κ2) is 8.26. The molecular weight excluding hydrogens is 385 g/mol. The minimum Gasteiger partial charge on any atom is -0.468 e. The summed E-state index contributed by atoms with van der Waals surface area (Å²) in [5.41, 5.74) is 0.204. The number of nitrogens with one attached hydrogen (secondary N) is 1. The number of ether oxygens (including phenoxy) is 1. The van der Waals surface area contributed by atoms with Gasteiger partial charge in [0, 0.05) is 6.54 Å². The fourth-order valence-electron chi connectivity index (χ4n) is 2.60. The highest BCUT2D eigenvalue weighted by atomic mass is 32.2. The average molecular weight is 403 g/mol. The minimum atomic E-state index is -3.96. The van der Waals surface area contributed by atoms with Gasteiger partial charge in [0.05, 0.1) is 11.2 Å². The normalized spacial score (nSPS) is 12.4. The van der Waals surface area contributed by atoms with Gasteiger partial charge in [0.2, 0.25) is 0 Å². The van der Waals surface area contributed by atoms with Gasteiger partial charge in [0.25, 0.3) is 0 Å². The zero-order chi connectivity index (χ0) is 20.1. The maximum absolute atomic E-state index is 13.5. The Kier molecular flexibility index (Phi) is 5.79. The first-order valence-electron chi connectivity index (χ1n) is 8.42. The van der Waals surface area contributed by atoms with Crippen LogP contribution in [0.4, 0.5) is 9.18 Å². The molecular formula is C20H18FNO5S. The van der Waals surface area contributed by atoms with Crippen LogP contribution in [0, 0.1) is 12.7 Å². The lowest BCUT2D eigenvalue weighted by Crippen LogP contribution is -2.33. The van der Waals surface area contributed by atoms with Crippen LogP contribution < -0.4 is 10.1 Å². The zero-order valence-corrected chi connectivity index (χ0v) is 15.8. The zero-order valence-electron chi connectivity index (χ0n) is 15.0. The number of hydrogen-bond acceptors (Lipinski definition) is 5. The SMILES string of the molecule is Cc1cc(S(=O)(=O)[C@@H](CNC(=O)Oc2ccccc2)c2ccco2)ccc1F. The number of halogens is 1. The van der Waals surface area contributed by atoms with Gasteiger partial charge in [0.1, 0.15) is 22.6 Å². The molecule has 1 atom stereocenters. The van der Waals surface area contributed by atoms with E-state index in [1.165, 1.54) is 31.4 Å². The molecule has 0 radical (unpaired) electrons. The van der Waals surface area contributed by atoms with E-state index >= 15 is 0 Å². The molecule has 0 spiro atoms. The molecule has 146 valence electrons. The van der Waals surface area contributed by atoms with Crippen LogP contribution in [-0.2, 0) is 9.84 Å². The maximum Gasteiger partial charge on any atom is 0.412 e. The van der Waals surface area contributed by atoms with E-state index in [1.54, 1.807) is 36.4 Å². The molecule has 0 aliphatic heterocycles. The summed E-state index contributed by atoms with van der Waals surface area (Å²) < 4.78 is 50.1. The third kappa shape index (κ3) is 4.40. The number of para-hydroxylation sites is 1. The van der Waals surface area contributed by atoms with E-state index in [-0.39, 0.29) is 22.8 Å². The number of benzene rings is 2. The monoisotopic (exact) mass is 403 g/mol. The van der Waals surface area contributed by atoms with Crippen molar-refractivity contribution in [2.24, 2.45) is 0 Å². The number of amides is 1. The molecule has 0 fully saturated rings. The van der Waals surface area contributed by atoms with Gasteiger partial charge in [-0.25, -0.2) is 17.6 Å². The summed E-state index contributed by atoms with van der Waals surface area (Å²) in [5, 5.41) is 1.25. The molecule has 1 N–H and O–H groups in total. The van der Waals surface area contributed by atoms with E-state index in [1.807, 2.05) is 0 Å². The molecule has 0 bridgehead atoms. The van der Waals surface area contributed by atoms with Crippen molar-refractivity contribution in [1.29, 1.82) is 0 Å². The highest BCUT2D eigenvalue weighted by Gasteiger charge is 2.32. The molecule has 1 heterocycles. The number of rotatable bonds is 6. The van der Waals surface area contributed by atoms with Gasteiger partial charge in [-0.05, 0) is 55.0 Å². The molecule has 3 rings (SSSR count). The van der Waals surface area contributed by atoms with Crippen molar-refractivity contribution in [2.75, 3.05) is 6.54 Å². The van der Waals surface area contributed by atoms with Crippen molar-refractivity contribution in [3.63, 3.8) is 0 Å². The van der Waals surface area contributed by atoms with Gasteiger partial charge in [-0.2, -0.15) is 0 Å². The molecule has 0 saturated carbocycles. The van der Waals surface area contributed by atoms with Crippen LogP contribution >= 0.6 is 0 Å². The largest absolute Gasteiger partial charge is 0.468 e. The molecule has 0 saturated heterocycles. The number of carbonyl (C=O) groups excluding carboxylic acids is 1. The Morgan fingerprint density at radius 3 is 2.54 bits per heavy atom. The molecule has 2 aromatic carbocycles. The topological polar surface area (TPSA) is 85.6 Å². The lowest BCUT2D eigenvalue weighted by atomic mass is 10.2. The third-order valence-corrected chi connectivity index (χ3v) is 6.14. The number of carbonyl (C=O) groups is 1. The fraction of sp³-hybridized carbons (Fsp3) is 0.150. The lowest BCUT2D eigenvalue weighted by Gasteiger charge is -2.17. The van der Waals surface area contributed by atoms with Gasteiger partial charge in [-0.1, -0.05) is 18.2 Å². The molecule has 1 aromatic heterocycles. The van der Waals surface area contributed by atoms with E-state index < -0.39 is 27.0 Å². The molecule has 0 unspecified atom stereocenters. The second-order valence-electron chi connectivity index (χ2n) is 6.04. The van der Waals surface area contributed by atoms with Crippen molar-refractivity contribution >= 4 is 15.9 Å². The lowest BCUT2D eigenvalue weighted by molar-refractivity contribution is 0.200. The molecule has 0 aliphatic rings. The number of furan rings is 1. The Morgan fingerprint density at radius 1 is 1.14 bits per heavy atom. The van der Waals surface area contributed by atoms with E-state index in [0.29, 0.717) is 5.75 Å². The first-order chi connectivity index (χ1) is 13.4. The Bertz CT molecular complexity index is 1050. The Morgan fingerprint density at radius 2 is 1.89 bits per heavy atom. The standard InChI is InChI=1S/C20H18FNO5S/c1-14-12-16(9-10-17(14)21)28(24,25)19(18-8-5-11-26-18)13-22-20(23)27-15-6-3-2-4-7-15/h2-12,19H,13H2,1H3,(H,22,23)/t19-/m0/s1. The molecule has 1 amide bonds. The Hall–Kier alpha value is -3.13. The molecule has 3 aromatic rings. The molecule has 6 nitrogen and oxygen atoms in total. The number of hydrogen-bond donors (Lipinski definition) is 1. The molecule has 0 aliphatic carbocycles. The first kappa shape index (κ1) is 19.6. The van der Waals surface area contributed by atoms with E-state index in [2.05, 4.69) is 5.32 Å². The van der Waals surface area contributed by atoms with Crippen molar-refractivity contribution in [2.45, 2.75) is 17.1 Å². The predicted octanol–water partition coefficient (Wildman–Crippen LogP) is 4.03. The number of aryl methyl sites for hydroxylation is 1. The van der Waals surface area contributed by atoms with Crippen molar-refractivity contribution < 1.29 is 26.8 Å². The van der Waals surface area contributed by atoms with Gasteiger partial charge in [0.15, 0.2) is 9.84 Å². The van der Waals surface area contributed by atoms with Crippen LogP contribution in [0.15, 0.2) is 76.2 Å². The van der Waals surface area contributed by atoms with Crippen LogP contribution in [0.25, 0.3) is 0 Å². The third-order valence-electron chi connectivity index (χ3n) is 4.08. The van der Waals surface area contributed by atoms with Crippen LogP contribution in [0.2, 0.25) is 0 Å². The average Bonchev–Trinajstić information content (AvgIpc) is 3.19. The highest BCUT2D eigenvalue weighted by Crippen LogP contribution is 2.30. The Balaban J connectivity index is 1.81. The van der Waals surface area contributed by atoms with Gasteiger partial charge >= 0.3 is 6.09 Å².